The van der Waals surface area contributed by atoms with Crippen LogP contribution in [0.5, 0.6) is 0 Å². The van der Waals surface area contributed by atoms with E-state index in [1.165, 1.54) is 24.3 Å². The average Bonchev–Trinajstić information content (AvgIpc) is 3.19. The molecule has 2 aliphatic rings. The molecule has 1 fully saturated rings. The van der Waals surface area contributed by atoms with Gasteiger partial charge in [-0.05, 0) is 43.0 Å². The highest BCUT2D eigenvalue weighted by molar-refractivity contribution is 6.27. The number of hydrogen-bond donors (Lipinski definition) is 8. The van der Waals surface area contributed by atoms with Crippen molar-refractivity contribution in [1.82, 2.24) is 26.2 Å². The van der Waals surface area contributed by atoms with Crippen molar-refractivity contribution in [2.75, 3.05) is 24.5 Å². The second-order valence-electron chi connectivity index (χ2n) is 13.8. The summed E-state index contributed by atoms with van der Waals surface area (Å²) < 4.78 is 0. The molecule has 0 radical (unpaired) electrons. The molecule has 59 heavy (non-hydrogen) atoms. The number of anilines is 1. The Hall–Kier alpha value is -7.38. The molecule has 3 aromatic carbocycles. The summed E-state index contributed by atoms with van der Waals surface area (Å²) in [5.41, 5.74) is 1.38. The molecule has 1 unspecified atom stereocenters. The van der Waals surface area contributed by atoms with Crippen molar-refractivity contribution in [3.63, 3.8) is 0 Å². The zero-order valence-electron chi connectivity index (χ0n) is 31.2. The zero-order chi connectivity index (χ0) is 43.0. The molecule has 0 saturated carbocycles. The number of carbonyl (C=O) groups excluding carboxylic acids is 6. The fourth-order valence-electron chi connectivity index (χ4n) is 6.92. The summed E-state index contributed by atoms with van der Waals surface area (Å²) in [6.45, 7) is 0.791. The van der Waals surface area contributed by atoms with Crippen LogP contribution in [0.1, 0.15) is 70.8 Å². The molecule has 5 rings (SSSR count). The van der Waals surface area contributed by atoms with Crippen LogP contribution in [0.4, 0.5) is 5.69 Å². The number of hydrogen-bond acceptors (Lipinski definition) is 11. The summed E-state index contributed by atoms with van der Waals surface area (Å²) in [7, 11) is 0. The molecule has 310 valence electrons. The lowest BCUT2D eigenvalue weighted by Crippen LogP contribution is -2.57. The molecule has 0 spiro atoms. The molecule has 0 aliphatic carbocycles. The number of amides is 6. The van der Waals surface area contributed by atoms with Crippen molar-refractivity contribution in [3.05, 3.63) is 77.4 Å². The quantitative estimate of drug-likeness (QED) is 0.0798. The van der Waals surface area contributed by atoms with Crippen LogP contribution in [0.15, 0.2) is 60.7 Å². The van der Waals surface area contributed by atoms with E-state index in [1.54, 1.807) is 35.6 Å². The van der Waals surface area contributed by atoms with Gasteiger partial charge in [-0.2, -0.15) is 0 Å². The molecule has 6 amide bonds. The molecular weight excluding hydrogens is 776 g/mol. The van der Waals surface area contributed by atoms with E-state index in [2.05, 4.69) is 15.5 Å². The van der Waals surface area contributed by atoms with Gasteiger partial charge in [-0.15, -0.1) is 0 Å². The van der Waals surface area contributed by atoms with Crippen molar-refractivity contribution >= 4 is 75.8 Å². The van der Waals surface area contributed by atoms with E-state index >= 15 is 0 Å². The number of nitrogens with one attached hydrogen (secondary N) is 4. The monoisotopic (exact) mass is 816 g/mol. The molecule has 20 heteroatoms. The molecule has 20 nitrogen and oxygen atoms in total. The number of nitrogens with zero attached hydrogens (tertiary/aromatic N) is 2. The first-order valence-corrected chi connectivity index (χ1v) is 18.4. The highest BCUT2D eigenvalue weighted by Gasteiger charge is 2.37. The minimum Gasteiger partial charge on any atom is -0.481 e. The van der Waals surface area contributed by atoms with Crippen LogP contribution in [0.25, 0.3) is 10.8 Å². The molecule has 2 aliphatic heterocycles. The number of rotatable bonds is 18. The van der Waals surface area contributed by atoms with Gasteiger partial charge in [0.05, 0.1) is 19.3 Å². The normalized spacial score (nSPS) is 15.6. The highest BCUT2D eigenvalue weighted by atomic mass is 16.4. The van der Waals surface area contributed by atoms with Gasteiger partial charge in [0.1, 0.15) is 30.7 Å². The van der Waals surface area contributed by atoms with Gasteiger partial charge in [0.2, 0.25) is 23.6 Å². The van der Waals surface area contributed by atoms with Crippen LogP contribution >= 0.6 is 0 Å². The Morgan fingerprint density at radius 3 is 1.66 bits per heavy atom. The van der Waals surface area contributed by atoms with Gasteiger partial charge in [0, 0.05) is 40.7 Å². The molecular formula is C39H40N6O14. The summed E-state index contributed by atoms with van der Waals surface area (Å²) in [4.78, 5) is 130. The third kappa shape index (κ3) is 10.3. The summed E-state index contributed by atoms with van der Waals surface area (Å²) in [5, 5.41) is 46.7. The summed E-state index contributed by atoms with van der Waals surface area (Å²) >= 11 is 0. The first-order valence-electron chi connectivity index (χ1n) is 18.4. The van der Waals surface area contributed by atoms with Crippen molar-refractivity contribution in [2.24, 2.45) is 0 Å². The van der Waals surface area contributed by atoms with E-state index in [0.29, 0.717) is 10.8 Å². The number of aliphatic carboxylic acids is 4. The smallest absolute Gasteiger partial charge is 0.326 e. The van der Waals surface area contributed by atoms with Crippen molar-refractivity contribution in [2.45, 2.75) is 62.7 Å². The predicted octanol–water partition coefficient (Wildman–Crippen LogP) is 0.247. The van der Waals surface area contributed by atoms with Gasteiger partial charge in [-0.3, -0.25) is 48.1 Å². The SMILES string of the molecule is O=C(O)C[C@H](NC(=O)[C@H](CC(=O)O)NC(=O)[C@H](CC(=O)O)NC(=O)C(NC(=O)CN1C(=O)c2cccc3c(N4CCCCC4)ccc(c23)C1=O)c1ccccc1)C(=O)O. The van der Waals surface area contributed by atoms with E-state index in [1.807, 2.05) is 11.4 Å². The van der Waals surface area contributed by atoms with Crippen LogP contribution in [0, 0.1) is 0 Å². The number of benzene rings is 3. The fraction of sp³-hybridized carbons (Fsp3) is 0.333. The number of piperidine rings is 1. The maximum absolute atomic E-state index is 13.8. The van der Waals surface area contributed by atoms with Crippen molar-refractivity contribution in [1.29, 1.82) is 0 Å². The first-order chi connectivity index (χ1) is 28.0. The lowest BCUT2D eigenvalue weighted by Gasteiger charge is -2.32. The summed E-state index contributed by atoms with van der Waals surface area (Å²) in [5.74, 6) is -13.3. The molecule has 8 N–H and O–H groups in total. The van der Waals surface area contributed by atoms with Gasteiger partial charge < -0.3 is 46.6 Å². The Morgan fingerprint density at radius 1 is 0.576 bits per heavy atom. The van der Waals surface area contributed by atoms with Crippen molar-refractivity contribution < 1.29 is 68.4 Å². The number of carbonyl (C=O) groups is 10. The third-order valence-corrected chi connectivity index (χ3v) is 9.68. The zero-order valence-corrected chi connectivity index (χ0v) is 31.2. The van der Waals surface area contributed by atoms with Crippen molar-refractivity contribution in [3.8, 4) is 0 Å². The van der Waals surface area contributed by atoms with Gasteiger partial charge in [0.15, 0.2) is 0 Å². The minimum atomic E-state index is -2.07. The standard InChI is InChI=1S/C39H40N6O14/c46-28(19-45-37(56)22-11-7-10-21-27(44-14-5-2-6-15-44)13-12-23(32(21)22)38(45)57)43-33(20-8-3-1-4-9-20)36(55)41-25(17-30(49)50)34(53)40-24(16-29(47)48)35(54)42-26(39(58)59)18-31(51)52/h1,3-4,7-13,24-26,33H,2,5-6,14-19H2,(H,40,53)(H,41,55)(H,42,54)(H,43,46)(H,47,48)(H,49,50)(H,51,52)(H,58,59)/t24-,25-,26-,33?/m0/s1. The van der Waals surface area contributed by atoms with E-state index in [0.717, 1.165) is 42.9 Å². The topological polar surface area (TPSA) is 306 Å². The van der Waals surface area contributed by atoms with Crippen LogP contribution in [0.3, 0.4) is 0 Å². The number of imide groups is 1. The minimum absolute atomic E-state index is 0.116. The van der Waals surface area contributed by atoms with Crippen LogP contribution in [-0.4, -0.2) is 122 Å². The van der Waals surface area contributed by atoms with E-state index < -0.39 is 109 Å². The third-order valence-electron chi connectivity index (χ3n) is 9.68. The lowest BCUT2D eigenvalue weighted by molar-refractivity contribution is -0.148. The Kier molecular flexibility index (Phi) is 13.6. The Morgan fingerprint density at radius 2 is 1.10 bits per heavy atom. The van der Waals surface area contributed by atoms with Crippen LogP contribution in [-0.2, 0) is 38.4 Å². The average molecular weight is 817 g/mol. The summed E-state index contributed by atoms with van der Waals surface area (Å²) in [6.07, 6.45) is -0.310. The second kappa shape index (κ2) is 18.7. The number of carboxylic acids is 4. The molecule has 0 bridgehead atoms. The van der Waals surface area contributed by atoms with Gasteiger partial charge in [-0.1, -0.05) is 42.5 Å². The maximum atomic E-state index is 13.8. The van der Waals surface area contributed by atoms with Gasteiger partial charge in [-0.25, -0.2) is 4.79 Å². The van der Waals surface area contributed by atoms with E-state index in [9.17, 15) is 63.3 Å². The van der Waals surface area contributed by atoms with Crippen LogP contribution < -0.4 is 26.2 Å². The maximum Gasteiger partial charge on any atom is 0.326 e. The molecule has 2 heterocycles. The molecule has 1 saturated heterocycles. The summed E-state index contributed by atoms with van der Waals surface area (Å²) in [6, 6.07) is 8.07. The van der Waals surface area contributed by atoms with Crippen LogP contribution in [0.2, 0.25) is 0 Å². The molecule has 3 aromatic rings. The molecule has 0 aromatic heterocycles. The lowest BCUT2D eigenvalue weighted by atomic mass is 9.92. The highest BCUT2D eigenvalue weighted by Crippen LogP contribution is 2.37. The second-order valence-corrected chi connectivity index (χ2v) is 13.8. The Labute approximate surface area is 334 Å². The predicted molar refractivity (Wildman–Crippen MR) is 203 cm³/mol. The van der Waals surface area contributed by atoms with Gasteiger partial charge >= 0.3 is 23.9 Å². The Balaban J connectivity index is 1.35. The largest absolute Gasteiger partial charge is 0.481 e. The fourth-order valence-corrected chi connectivity index (χ4v) is 6.92. The van der Waals surface area contributed by atoms with E-state index in [4.69, 9.17) is 5.11 Å². The Bertz CT molecular complexity index is 2180. The molecule has 4 atom stereocenters. The number of carboxylic acid groups (broad SMARTS) is 4. The first kappa shape index (κ1) is 42.8. The van der Waals surface area contributed by atoms with Gasteiger partial charge in [0.25, 0.3) is 11.8 Å². The van der Waals surface area contributed by atoms with E-state index in [-0.39, 0.29) is 16.7 Å².